The molecule has 0 saturated heterocycles. The number of carbonyl (C=O) groups excluding carboxylic acids is 1. The number of carbonyl (C=O) groups is 1. The minimum Gasteiger partial charge on any atom is -0.410 e. The topological polar surface area (TPSA) is 118 Å². The van der Waals surface area contributed by atoms with E-state index in [9.17, 15) is 4.79 Å². The Bertz CT molecular complexity index is 478. The zero-order chi connectivity index (χ0) is 12.6. The molecule has 1 aromatic rings. The Morgan fingerprint density at radius 1 is 1.65 bits per heavy atom. The fourth-order valence-corrected chi connectivity index (χ4v) is 1.62. The number of fused-ring (bicyclic) bond motifs is 1. The first-order valence-corrected chi connectivity index (χ1v) is 5.27. The zero-order valence-corrected chi connectivity index (χ0v) is 9.58. The number of anilines is 1. The molecule has 17 heavy (non-hydrogen) atoms. The standard InChI is InChI=1S/C9H14N6O2/c1-4(2)3-5-11-9-12-8(16)6(14-17)7(10)15(9)13-5/h4,7,17H,3,10H2,1-2H3,(H,11,12,13,16)/b14-6+/t7-/m1/s1. The van der Waals surface area contributed by atoms with Crippen LogP contribution in [-0.2, 0) is 11.2 Å². The van der Waals surface area contributed by atoms with Gasteiger partial charge >= 0.3 is 0 Å². The second kappa shape index (κ2) is 4.13. The second-order valence-corrected chi connectivity index (χ2v) is 4.28. The average Bonchev–Trinajstić information content (AvgIpc) is 2.60. The van der Waals surface area contributed by atoms with Gasteiger partial charge < -0.3 is 10.9 Å². The predicted molar refractivity (Wildman–Crippen MR) is 59.6 cm³/mol. The molecular weight excluding hydrogens is 224 g/mol. The summed E-state index contributed by atoms with van der Waals surface area (Å²) < 4.78 is 1.34. The summed E-state index contributed by atoms with van der Waals surface area (Å²) in [6, 6.07) is 0. The molecule has 0 saturated carbocycles. The Morgan fingerprint density at radius 2 is 2.35 bits per heavy atom. The zero-order valence-electron chi connectivity index (χ0n) is 9.58. The Morgan fingerprint density at radius 3 is 2.94 bits per heavy atom. The SMILES string of the molecule is CC(C)Cc1nc2n(n1)[C@@H](N)/C(=N\O)C(=O)N2. The average molecular weight is 238 g/mol. The highest BCUT2D eigenvalue weighted by Crippen LogP contribution is 2.18. The van der Waals surface area contributed by atoms with Crippen molar-refractivity contribution in [3.8, 4) is 0 Å². The van der Waals surface area contributed by atoms with E-state index in [-0.39, 0.29) is 11.7 Å². The molecule has 8 heteroatoms. The van der Waals surface area contributed by atoms with Crippen LogP contribution in [0.4, 0.5) is 5.95 Å². The summed E-state index contributed by atoms with van der Waals surface area (Å²) in [7, 11) is 0. The minimum atomic E-state index is -0.905. The van der Waals surface area contributed by atoms with Gasteiger partial charge in [0.05, 0.1) is 0 Å². The van der Waals surface area contributed by atoms with Gasteiger partial charge in [0.1, 0.15) is 0 Å². The van der Waals surface area contributed by atoms with Crippen molar-refractivity contribution in [2.45, 2.75) is 26.4 Å². The quantitative estimate of drug-likeness (QED) is 0.483. The Labute approximate surface area is 97.5 Å². The molecule has 1 aromatic heterocycles. The van der Waals surface area contributed by atoms with Crippen molar-refractivity contribution >= 4 is 17.6 Å². The molecular formula is C9H14N6O2. The molecule has 1 aliphatic heterocycles. The molecule has 0 unspecified atom stereocenters. The van der Waals surface area contributed by atoms with Crippen molar-refractivity contribution in [1.82, 2.24) is 14.8 Å². The van der Waals surface area contributed by atoms with E-state index in [4.69, 9.17) is 10.9 Å². The Kier molecular flexibility index (Phi) is 2.80. The molecule has 1 aliphatic rings. The molecule has 0 aliphatic carbocycles. The minimum absolute atomic E-state index is 0.182. The van der Waals surface area contributed by atoms with Crippen molar-refractivity contribution < 1.29 is 10.0 Å². The molecule has 1 atom stereocenters. The van der Waals surface area contributed by atoms with Crippen LogP contribution in [0.1, 0.15) is 25.8 Å². The monoisotopic (exact) mass is 238 g/mol. The molecule has 2 heterocycles. The maximum Gasteiger partial charge on any atom is 0.279 e. The summed E-state index contributed by atoms with van der Waals surface area (Å²) >= 11 is 0. The molecule has 0 spiro atoms. The van der Waals surface area contributed by atoms with Crippen LogP contribution in [0.2, 0.25) is 0 Å². The summed E-state index contributed by atoms with van der Waals surface area (Å²) in [5, 5.41) is 18.2. The van der Waals surface area contributed by atoms with Crippen LogP contribution in [0.3, 0.4) is 0 Å². The number of amides is 1. The van der Waals surface area contributed by atoms with Gasteiger partial charge in [0, 0.05) is 6.42 Å². The summed E-state index contributed by atoms with van der Waals surface area (Å²) in [4.78, 5) is 15.6. The van der Waals surface area contributed by atoms with Gasteiger partial charge in [-0.2, -0.15) is 10.1 Å². The van der Waals surface area contributed by atoms with E-state index >= 15 is 0 Å². The molecule has 0 radical (unpaired) electrons. The molecule has 0 fully saturated rings. The van der Waals surface area contributed by atoms with Gasteiger partial charge in [0.15, 0.2) is 17.7 Å². The van der Waals surface area contributed by atoms with Crippen molar-refractivity contribution in [2.24, 2.45) is 16.8 Å². The van der Waals surface area contributed by atoms with Crippen molar-refractivity contribution in [3.05, 3.63) is 5.82 Å². The van der Waals surface area contributed by atoms with E-state index in [2.05, 4.69) is 20.6 Å². The van der Waals surface area contributed by atoms with E-state index in [1.54, 1.807) is 0 Å². The van der Waals surface area contributed by atoms with Crippen LogP contribution >= 0.6 is 0 Å². The van der Waals surface area contributed by atoms with Crippen LogP contribution in [-0.4, -0.2) is 31.6 Å². The van der Waals surface area contributed by atoms with Gasteiger partial charge in [0.2, 0.25) is 5.95 Å². The van der Waals surface area contributed by atoms with Crippen LogP contribution in [0.25, 0.3) is 0 Å². The highest BCUT2D eigenvalue weighted by molar-refractivity contribution is 6.44. The van der Waals surface area contributed by atoms with Crippen molar-refractivity contribution in [3.63, 3.8) is 0 Å². The lowest BCUT2D eigenvalue weighted by molar-refractivity contribution is -0.111. The van der Waals surface area contributed by atoms with Gasteiger partial charge in [-0.05, 0) is 5.92 Å². The van der Waals surface area contributed by atoms with E-state index in [0.717, 1.165) is 0 Å². The molecule has 4 N–H and O–H groups in total. The summed E-state index contributed by atoms with van der Waals surface area (Å²) in [5.41, 5.74) is 5.56. The maximum atomic E-state index is 11.5. The lowest BCUT2D eigenvalue weighted by Gasteiger charge is -2.19. The lowest BCUT2D eigenvalue weighted by atomic mass is 10.1. The first kappa shape index (κ1) is 11.5. The fourth-order valence-electron chi connectivity index (χ4n) is 1.62. The number of aromatic nitrogens is 3. The summed E-state index contributed by atoms with van der Waals surface area (Å²) in [6.45, 7) is 4.08. The van der Waals surface area contributed by atoms with Crippen LogP contribution < -0.4 is 11.1 Å². The highest BCUT2D eigenvalue weighted by atomic mass is 16.4. The van der Waals surface area contributed by atoms with Gasteiger partial charge in [0.25, 0.3) is 5.91 Å². The first-order chi connectivity index (χ1) is 8.02. The van der Waals surface area contributed by atoms with E-state index in [1.165, 1.54) is 4.68 Å². The van der Waals surface area contributed by atoms with Crippen molar-refractivity contribution in [2.75, 3.05) is 5.32 Å². The number of nitrogens with one attached hydrogen (secondary N) is 1. The van der Waals surface area contributed by atoms with E-state index < -0.39 is 12.1 Å². The van der Waals surface area contributed by atoms with E-state index in [0.29, 0.717) is 18.2 Å². The third kappa shape index (κ3) is 1.98. The van der Waals surface area contributed by atoms with Crippen molar-refractivity contribution in [1.29, 1.82) is 0 Å². The third-order valence-electron chi connectivity index (χ3n) is 2.38. The Hall–Kier alpha value is -1.96. The second-order valence-electron chi connectivity index (χ2n) is 4.28. The maximum absolute atomic E-state index is 11.5. The van der Waals surface area contributed by atoms with Gasteiger partial charge in [-0.3, -0.25) is 10.1 Å². The number of rotatable bonds is 2. The predicted octanol–water partition coefficient (Wildman–Crippen LogP) is -0.284. The largest absolute Gasteiger partial charge is 0.410 e. The third-order valence-corrected chi connectivity index (χ3v) is 2.38. The van der Waals surface area contributed by atoms with Crippen LogP contribution in [0, 0.1) is 5.92 Å². The molecule has 1 amide bonds. The van der Waals surface area contributed by atoms with Crippen LogP contribution in [0.15, 0.2) is 5.16 Å². The summed E-state index contributed by atoms with van der Waals surface area (Å²) in [6.07, 6.45) is -0.217. The van der Waals surface area contributed by atoms with Gasteiger partial charge in [-0.1, -0.05) is 19.0 Å². The number of oxime groups is 1. The molecule has 2 rings (SSSR count). The Balaban J connectivity index is 2.36. The first-order valence-electron chi connectivity index (χ1n) is 5.27. The van der Waals surface area contributed by atoms with Crippen LogP contribution in [0.5, 0.6) is 0 Å². The number of nitrogens with zero attached hydrogens (tertiary/aromatic N) is 4. The molecule has 8 nitrogen and oxygen atoms in total. The van der Waals surface area contributed by atoms with Gasteiger partial charge in [-0.15, -0.1) is 0 Å². The van der Waals surface area contributed by atoms with Gasteiger partial charge in [-0.25, -0.2) is 4.68 Å². The lowest BCUT2D eigenvalue weighted by Crippen LogP contribution is -2.42. The number of hydrogen-bond acceptors (Lipinski definition) is 6. The smallest absolute Gasteiger partial charge is 0.279 e. The summed E-state index contributed by atoms with van der Waals surface area (Å²) in [5.74, 6) is 0.726. The fraction of sp³-hybridized carbons (Fsp3) is 0.556. The van der Waals surface area contributed by atoms with E-state index in [1.807, 2.05) is 13.8 Å². The number of hydrogen-bond donors (Lipinski definition) is 3. The molecule has 92 valence electrons. The number of nitrogens with two attached hydrogens (primary N) is 1. The molecule has 0 aromatic carbocycles. The highest BCUT2D eigenvalue weighted by Gasteiger charge is 2.32. The molecule has 0 bridgehead atoms. The normalized spacial score (nSPS) is 21.8.